The van der Waals surface area contributed by atoms with E-state index in [0.29, 0.717) is 0 Å². The average Bonchev–Trinajstić information content (AvgIpc) is 1.91. The molecule has 0 aliphatic rings. The Morgan fingerprint density at radius 2 is 2.00 bits per heavy atom. The van der Waals surface area contributed by atoms with Crippen LogP contribution in [0.25, 0.3) is 0 Å². The first-order valence-electron chi connectivity index (χ1n) is 3.96. The average molecular weight is 132 g/mol. The summed E-state index contributed by atoms with van der Waals surface area (Å²) in [6.07, 6.45) is 4.45. The van der Waals surface area contributed by atoms with Gasteiger partial charge >= 0.3 is 42.6 Å². The number of unbranched alkanes of at least 4 members (excludes halogenated alkanes) is 1. The Morgan fingerprint density at radius 3 is 2.00 bits per heavy atom. The summed E-state index contributed by atoms with van der Waals surface area (Å²) < 4.78 is 0. The molecule has 0 aliphatic carbocycles. The predicted octanol–water partition coefficient (Wildman–Crippen LogP) is 3.12. The van der Waals surface area contributed by atoms with Gasteiger partial charge in [-0.15, -0.1) is 0 Å². The Hall–Kier alpha value is 0.0774. The molecule has 0 nitrogen and oxygen atoms in total. The molecule has 0 heterocycles. The number of hydrogen-bond acceptors (Lipinski definition) is 0. The van der Waals surface area contributed by atoms with Gasteiger partial charge in [-0.05, 0) is 6.92 Å². The van der Waals surface area contributed by atoms with E-state index in [0.717, 1.165) is 5.57 Å². The van der Waals surface area contributed by atoms with E-state index in [1.54, 1.807) is 6.08 Å². The molecular weight excluding hydrogens is 115 g/mol. The van der Waals surface area contributed by atoms with Gasteiger partial charge < -0.3 is 0 Å². The second-order valence-corrected chi connectivity index (χ2v) is 2.40. The van der Waals surface area contributed by atoms with Gasteiger partial charge in [0, 0.05) is 0 Å². The molecule has 0 radical (unpaired) electrons. The van der Waals surface area contributed by atoms with Crippen LogP contribution in [0.4, 0.5) is 0 Å². The summed E-state index contributed by atoms with van der Waals surface area (Å²) in [5, 5.41) is 1.34. The minimum atomic E-state index is 1.02. The zero-order chi connectivity index (χ0) is 8.41. The topological polar surface area (TPSA) is 0 Å². The molecule has 0 rings (SSSR count). The van der Waals surface area contributed by atoms with Crippen LogP contribution in [0.3, 0.4) is 0 Å². The molecule has 0 aliphatic heterocycles. The van der Waals surface area contributed by atoms with Crippen molar-refractivity contribution in [1.82, 2.24) is 0 Å². The fourth-order valence-corrected chi connectivity index (χ4v) is 0.354. The van der Waals surface area contributed by atoms with Crippen LogP contribution in [0.1, 0.15) is 26.7 Å². The van der Waals surface area contributed by atoms with Crippen molar-refractivity contribution in [1.29, 1.82) is 0 Å². The summed E-state index contributed by atoms with van der Waals surface area (Å²) >= 11 is 2.21. The molecule has 0 amide bonds. The van der Waals surface area contributed by atoms with Crippen LogP contribution in [-0.2, 0) is 0 Å². The first-order valence-corrected chi connectivity index (χ1v) is 3.96. The van der Waals surface area contributed by atoms with Crippen LogP contribution in [0.2, 0.25) is 5.09 Å². The molecule has 0 aromatic heterocycles. The monoisotopic (exact) mass is 132 g/mol. The fraction of sp³-hybridized carbons (Fsp3) is 0.556. The second kappa shape index (κ2) is 11.8. The minimum absolute atomic E-state index is 1.02. The first kappa shape index (κ1) is 12.7. The normalized spacial score (nSPS) is 7.60. The van der Waals surface area contributed by atoms with Gasteiger partial charge in [0.15, 0.2) is 0 Å². The second-order valence-electron chi connectivity index (χ2n) is 2.40. The van der Waals surface area contributed by atoms with Crippen LogP contribution < -0.4 is 0 Å². The van der Waals surface area contributed by atoms with E-state index in [1.165, 1.54) is 17.9 Å². The third-order valence-electron chi connectivity index (χ3n) is 1.06. The van der Waals surface area contributed by atoms with Gasteiger partial charge in [-0.2, -0.15) is 0 Å². The molecule has 0 atom stereocenters. The van der Waals surface area contributed by atoms with Crippen LogP contribution >= 0.6 is 0 Å². The van der Waals surface area contributed by atoms with Gasteiger partial charge in [-0.1, -0.05) is 24.8 Å². The Kier molecular flexibility index (Phi) is 15.0. The van der Waals surface area contributed by atoms with Crippen molar-refractivity contribution in [2.24, 2.45) is 0 Å². The zero-order valence-electron chi connectivity index (χ0n) is 7.61. The van der Waals surface area contributed by atoms with Crippen LogP contribution in [-0.4, -0.2) is 17.7 Å². The Labute approximate surface area is 74.6 Å². The molecule has 10 heavy (non-hydrogen) atoms. The van der Waals surface area contributed by atoms with Crippen LogP contribution in [0.5, 0.6) is 0 Å². The van der Waals surface area contributed by atoms with Crippen molar-refractivity contribution in [3.05, 3.63) is 24.8 Å². The van der Waals surface area contributed by atoms with E-state index in [9.17, 15) is 0 Å². The van der Waals surface area contributed by atoms with Crippen molar-refractivity contribution >= 4 is 17.7 Å². The first-order chi connectivity index (χ1) is 4.68. The molecule has 0 aromatic carbocycles. The maximum absolute atomic E-state index is 3.56. The summed E-state index contributed by atoms with van der Waals surface area (Å²) in [7, 11) is 0. The van der Waals surface area contributed by atoms with Crippen molar-refractivity contribution in [3.8, 4) is 0 Å². The molecule has 54 valence electrons. The molecular formula is C9H17Li. The SMILES string of the molecule is C=CC(=C)C.[Li][CH2]CCC. The zero-order valence-corrected chi connectivity index (χ0v) is 7.61. The molecule has 1 heteroatoms. The molecule has 0 spiro atoms. The van der Waals surface area contributed by atoms with Gasteiger partial charge in [0.1, 0.15) is 0 Å². The van der Waals surface area contributed by atoms with E-state index < -0.39 is 0 Å². The third-order valence-corrected chi connectivity index (χ3v) is 1.06. The molecule has 0 N–H and O–H groups in total. The molecule has 0 fully saturated rings. The van der Waals surface area contributed by atoms with Gasteiger partial charge in [0.25, 0.3) is 0 Å². The summed E-state index contributed by atoms with van der Waals surface area (Å²) in [5.41, 5.74) is 1.02. The standard InChI is InChI=1S/C5H8.C4H9.Li/c1-4-5(2)3;1-3-4-2;/h4H,1-2H2,3H3;1,3-4H2,2H3;. The summed E-state index contributed by atoms with van der Waals surface area (Å²) in [6, 6.07) is 0. The maximum atomic E-state index is 3.56. The summed E-state index contributed by atoms with van der Waals surface area (Å²) in [4.78, 5) is 0. The fourth-order valence-electron chi connectivity index (χ4n) is 0.354. The summed E-state index contributed by atoms with van der Waals surface area (Å²) in [6.45, 7) is 11.1. The van der Waals surface area contributed by atoms with Gasteiger partial charge in [-0.25, -0.2) is 0 Å². The Bertz CT molecular complexity index is 82.7. The predicted molar refractivity (Wildman–Crippen MR) is 50.5 cm³/mol. The molecule has 0 saturated carbocycles. The van der Waals surface area contributed by atoms with Crippen molar-refractivity contribution in [2.75, 3.05) is 0 Å². The van der Waals surface area contributed by atoms with E-state index >= 15 is 0 Å². The van der Waals surface area contributed by atoms with Crippen LogP contribution in [0.15, 0.2) is 24.8 Å². The van der Waals surface area contributed by atoms with Crippen molar-refractivity contribution in [2.45, 2.75) is 31.8 Å². The summed E-state index contributed by atoms with van der Waals surface area (Å²) in [5.74, 6) is 0. The number of allylic oxidation sites excluding steroid dienone is 2. The third kappa shape index (κ3) is 24.3. The quantitative estimate of drug-likeness (QED) is 0.409. The van der Waals surface area contributed by atoms with Gasteiger partial charge in [0.2, 0.25) is 0 Å². The molecule has 0 aromatic rings. The molecule has 0 saturated heterocycles. The van der Waals surface area contributed by atoms with Gasteiger partial charge in [-0.3, -0.25) is 0 Å². The number of hydrogen-bond donors (Lipinski definition) is 0. The van der Waals surface area contributed by atoms with E-state index in [2.05, 4.69) is 37.8 Å². The van der Waals surface area contributed by atoms with Crippen molar-refractivity contribution in [3.63, 3.8) is 0 Å². The number of rotatable bonds is 3. The molecule has 0 unspecified atom stereocenters. The van der Waals surface area contributed by atoms with E-state index in [1.807, 2.05) is 6.92 Å². The van der Waals surface area contributed by atoms with Gasteiger partial charge in [0.05, 0.1) is 0 Å². The molecule has 0 bridgehead atoms. The van der Waals surface area contributed by atoms with Crippen molar-refractivity contribution < 1.29 is 0 Å². The van der Waals surface area contributed by atoms with Crippen LogP contribution in [0, 0.1) is 0 Å². The van der Waals surface area contributed by atoms with E-state index in [4.69, 9.17) is 0 Å². The van der Waals surface area contributed by atoms with E-state index in [-0.39, 0.29) is 0 Å². The Morgan fingerprint density at radius 1 is 1.60 bits per heavy atom. The Balaban J connectivity index is 0.